The number of amides is 8. The lowest BCUT2D eigenvalue weighted by atomic mass is 9.92. The number of aliphatic hydroxyl groups excluding tert-OH is 9. The summed E-state index contributed by atoms with van der Waals surface area (Å²) in [6.45, 7) is 7.12. The summed E-state index contributed by atoms with van der Waals surface area (Å²) < 4.78 is 51.4. The summed E-state index contributed by atoms with van der Waals surface area (Å²) in [5, 5.41) is 112. The molecule has 3 heterocycles. The first-order valence-electron chi connectivity index (χ1n) is 33.0. The Morgan fingerprint density at radius 3 is 0.937 bits per heavy atom. The lowest BCUT2D eigenvalue weighted by Gasteiger charge is -2.42. The second kappa shape index (κ2) is 47.9. The van der Waals surface area contributed by atoms with Crippen LogP contribution in [0.4, 0.5) is 0 Å². The van der Waals surface area contributed by atoms with Crippen molar-refractivity contribution in [3.63, 3.8) is 0 Å². The minimum absolute atomic E-state index is 0.0284. The van der Waals surface area contributed by atoms with Gasteiger partial charge in [0.15, 0.2) is 18.9 Å². The molecule has 3 fully saturated rings. The molecule has 17 N–H and O–H groups in total. The van der Waals surface area contributed by atoms with Gasteiger partial charge in [-0.3, -0.25) is 38.4 Å². The van der Waals surface area contributed by atoms with E-state index in [0.717, 1.165) is 0 Å². The minimum atomic E-state index is -1.43. The van der Waals surface area contributed by atoms with Gasteiger partial charge in [0.1, 0.15) is 60.9 Å². The van der Waals surface area contributed by atoms with Gasteiger partial charge >= 0.3 is 0 Å². The number of hydrogen-bond donors (Lipinski definition) is 17. The minimum Gasteiger partial charge on any atom is -0.394 e. The van der Waals surface area contributed by atoms with Gasteiger partial charge in [-0.05, 0) is 57.8 Å². The number of rotatable bonds is 50. The second-order valence-electron chi connectivity index (χ2n) is 24.3. The monoisotopic (exact) mass is 1370 g/mol. The first kappa shape index (κ1) is 84.3. The second-order valence-corrected chi connectivity index (χ2v) is 24.3. The summed E-state index contributed by atoms with van der Waals surface area (Å²) in [5.74, 6) is -2.87. The maximum absolute atomic E-state index is 12.7. The Morgan fingerprint density at radius 1 is 0.368 bits per heavy atom. The maximum atomic E-state index is 12.7. The highest BCUT2D eigenvalue weighted by atomic mass is 16.7. The van der Waals surface area contributed by atoms with Crippen molar-refractivity contribution in [1.29, 1.82) is 0 Å². The van der Waals surface area contributed by atoms with Crippen molar-refractivity contribution in [3.05, 3.63) is 0 Å². The molecule has 3 aliphatic heterocycles. The van der Waals surface area contributed by atoms with Crippen molar-refractivity contribution >= 4 is 47.3 Å². The molecule has 34 heteroatoms. The van der Waals surface area contributed by atoms with Crippen molar-refractivity contribution in [2.45, 2.75) is 210 Å². The molecule has 95 heavy (non-hydrogen) atoms. The number of hydrogen-bond acceptors (Lipinski definition) is 26. The molecule has 0 aliphatic carbocycles. The Hall–Kier alpha value is -4.96. The summed E-state index contributed by atoms with van der Waals surface area (Å²) in [6, 6.07) is -2.13. The highest BCUT2D eigenvalue weighted by Gasteiger charge is 2.47. The molecule has 3 saturated heterocycles. The Bertz CT molecular complexity index is 2130. The fourth-order valence-corrected chi connectivity index (χ4v) is 10.1. The zero-order valence-corrected chi connectivity index (χ0v) is 55.5. The molecule has 15 unspecified atom stereocenters. The summed E-state index contributed by atoms with van der Waals surface area (Å²) in [5.41, 5.74) is -0.775. The first-order valence-corrected chi connectivity index (χ1v) is 33.0. The van der Waals surface area contributed by atoms with Gasteiger partial charge in [-0.25, -0.2) is 0 Å². The lowest BCUT2D eigenvalue weighted by molar-refractivity contribution is -0.282. The van der Waals surface area contributed by atoms with Crippen LogP contribution in [0.3, 0.4) is 0 Å². The Labute approximate surface area is 554 Å². The molecule has 0 spiro atoms. The number of unbranched alkanes of at least 4 members (excludes halogenated alkanes) is 3. The predicted molar refractivity (Wildman–Crippen MR) is 333 cm³/mol. The lowest BCUT2D eigenvalue weighted by Crippen LogP contribution is -2.64. The third kappa shape index (κ3) is 33.9. The van der Waals surface area contributed by atoms with Crippen LogP contribution < -0.4 is 42.5 Å². The summed E-state index contributed by atoms with van der Waals surface area (Å²) in [7, 11) is 0. The highest BCUT2D eigenvalue weighted by Crippen LogP contribution is 2.28. The molecule has 8 amide bonds. The van der Waals surface area contributed by atoms with Crippen LogP contribution in [0.15, 0.2) is 0 Å². The predicted octanol–water partition coefficient (Wildman–Crippen LogP) is -5.40. The Kier molecular flexibility index (Phi) is 42.5. The van der Waals surface area contributed by atoms with E-state index in [1.807, 2.05) is 6.92 Å². The number of carbonyl (C=O) groups is 8. The van der Waals surface area contributed by atoms with Crippen molar-refractivity contribution < 1.29 is 127 Å². The van der Waals surface area contributed by atoms with E-state index in [4.69, 9.17) is 42.6 Å². The van der Waals surface area contributed by atoms with E-state index in [-0.39, 0.29) is 147 Å². The molecular weight excluding hydrogens is 1260 g/mol. The Balaban J connectivity index is 1.32. The highest BCUT2D eigenvalue weighted by molar-refractivity contribution is 5.78. The third-order valence-electron chi connectivity index (χ3n) is 15.7. The van der Waals surface area contributed by atoms with E-state index >= 15 is 0 Å². The van der Waals surface area contributed by atoms with Gasteiger partial charge < -0.3 is 131 Å². The van der Waals surface area contributed by atoms with Crippen LogP contribution in [0.1, 0.15) is 124 Å². The number of nitrogens with one attached hydrogen (secondary N) is 8. The van der Waals surface area contributed by atoms with E-state index < -0.39 is 129 Å². The average molecular weight is 1370 g/mol. The number of aliphatic hydroxyl groups is 9. The summed E-state index contributed by atoms with van der Waals surface area (Å²) in [6.07, 6.45) is -9.38. The molecule has 0 aromatic heterocycles. The molecule has 0 aromatic carbocycles. The van der Waals surface area contributed by atoms with E-state index in [9.17, 15) is 84.3 Å². The fourth-order valence-electron chi connectivity index (χ4n) is 10.1. The number of carbonyl (C=O) groups excluding carboxylic acids is 8. The largest absolute Gasteiger partial charge is 0.394 e. The standard InChI is InChI=1S/C61H110N8O26/c1-38-52(81)53(82)41(32-70)93-58(38)90-26-8-5-14-44(75)62-20-11-23-65-47(78)17-29-87-35-61(4,36-88-30-18-48(79)66-24-12-21-63-45(76)15-6-9-27-91-59-50(68-39(2)73)56(85)54(83)42(33-71)94-59)37-89-31-19-49(80)67-25-13-22-64-46(77)16-7-10-28-92-60-51(69-40(3)74)57(86)55(84)43(34-72)95-60/h38,41-43,50-60,70-72,81-86H,5-37H2,1-4H3,(H,62,75)(H,63,76)(H,64,77)(H,65,78)(H,66,79)(H,67,80)(H,68,73)(H,69,74). The third-order valence-corrected chi connectivity index (χ3v) is 15.7. The smallest absolute Gasteiger partial charge is 0.222 e. The number of ether oxygens (including phenoxy) is 9. The molecule has 0 saturated carbocycles. The van der Waals surface area contributed by atoms with Gasteiger partial charge in [-0.2, -0.15) is 0 Å². The van der Waals surface area contributed by atoms with E-state index in [1.165, 1.54) is 13.8 Å². The maximum Gasteiger partial charge on any atom is 0.222 e. The van der Waals surface area contributed by atoms with E-state index in [0.29, 0.717) is 84.0 Å². The quantitative estimate of drug-likeness (QED) is 0.0253. The van der Waals surface area contributed by atoms with Crippen LogP contribution in [0, 0.1) is 11.3 Å². The summed E-state index contributed by atoms with van der Waals surface area (Å²) in [4.78, 5) is 98.5. The van der Waals surface area contributed by atoms with Crippen LogP contribution in [0.25, 0.3) is 0 Å². The van der Waals surface area contributed by atoms with Gasteiger partial charge in [-0.1, -0.05) is 13.8 Å². The molecule has 550 valence electrons. The molecule has 0 bridgehead atoms. The van der Waals surface area contributed by atoms with Gasteiger partial charge in [0, 0.05) is 123 Å². The zero-order valence-electron chi connectivity index (χ0n) is 55.5. The van der Waals surface area contributed by atoms with Gasteiger partial charge in [0.2, 0.25) is 47.3 Å². The average Bonchev–Trinajstić information content (AvgIpc) is 0.833. The van der Waals surface area contributed by atoms with Gasteiger partial charge in [-0.15, -0.1) is 0 Å². The van der Waals surface area contributed by atoms with Crippen LogP contribution in [0.2, 0.25) is 0 Å². The van der Waals surface area contributed by atoms with Crippen LogP contribution >= 0.6 is 0 Å². The molecule has 0 radical (unpaired) electrons. The fraction of sp³-hybridized carbons (Fsp3) is 0.869. The van der Waals surface area contributed by atoms with Crippen LogP contribution in [0.5, 0.6) is 0 Å². The summed E-state index contributed by atoms with van der Waals surface area (Å²) >= 11 is 0. The van der Waals surface area contributed by atoms with Crippen molar-refractivity contribution in [2.75, 3.05) is 119 Å². The Morgan fingerprint density at radius 2 is 0.642 bits per heavy atom. The van der Waals surface area contributed by atoms with Crippen molar-refractivity contribution in [2.24, 2.45) is 11.3 Å². The molecule has 3 aliphatic rings. The van der Waals surface area contributed by atoms with Gasteiger partial charge in [0.05, 0.1) is 65.6 Å². The topological polar surface area (TPSA) is 498 Å². The van der Waals surface area contributed by atoms with Gasteiger partial charge in [0.25, 0.3) is 0 Å². The first-order chi connectivity index (χ1) is 45.4. The van der Waals surface area contributed by atoms with Crippen molar-refractivity contribution in [1.82, 2.24) is 42.5 Å². The van der Waals surface area contributed by atoms with Crippen LogP contribution in [-0.4, -0.2) is 298 Å². The van der Waals surface area contributed by atoms with Crippen LogP contribution in [-0.2, 0) is 81.0 Å². The SMILES string of the molecule is CC(=O)NC1C(OCCCCC(=O)NCCCNC(=O)CCOCC(C)(COCCC(=O)NCCCNC(=O)CCCCOC2OC(CO)C(O)C(O)C2C)COCCC(=O)NCCCNC(=O)CCCCOC2OC(CO)C(O)C(O)C2NC(C)=O)OC(CO)C(O)C1O. The molecule has 0 aromatic rings. The molecule has 34 nitrogen and oxygen atoms in total. The molecule has 15 atom stereocenters. The molecular formula is C61H110N8O26. The van der Waals surface area contributed by atoms with E-state index in [1.54, 1.807) is 6.92 Å². The molecule has 3 rings (SSSR count). The van der Waals surface area contributed by atoms with E-state index in [2.05, 4.69) is 42.5 Å². The zero-order chi connectivity index (χ0) is 70.1. The van der Waals surface area contributed by atoms with Crippen molar-refractivity contribution in [3.8, 4) is 0 Å². The normalized spacial score (nSPS) is 26.5.